The molecule has 1 aromatic carbocycles. The van der Waals surface area contributed by atoms with E-state index in [4.69, 9.17) is 11.6 Å². The van der Waals surface area contributed by atoms with E-state index < -0.39 is 0 Å². The summed E-state index contributed by atoms with van der Waals surface area (Å²) in [7, 11) is 0. The van der Waals surface area contributed by atoms with Crippen LogP contribution in [-0.2, 0) is 4.79 Å². The number of carbonyl (C=O) groups is 1. The van der Waals surface area contributed by atoms with E-state index in [1.165, 1.54) is 0 Å². The Kier molecular flexibility index (Phi) is 3.99. The molecule has 0 radical (unpaired) electrons. The zero-order valence-corrected chi connectivity index (χ0v) is 10.7. The molecule has 0 saturated heterocycles. The molecule has 18 heavy (non-hydrogen) atoms. The molecular formula is C13H14ClN3O. The predicted octanol–water partition coefficient (Wildman–Crippen LogP) is 2.89. The number of aromatic nitrogens is 2. The van der Waals surface area contributed by atoms with E-state index in [1.807, 2.05) is 30.3 Å². The van der Waals surface area contributed by atoms with E-state index >= 15 is 0 Å². The van der Waals surface area contributed by atoms with E-state index in [0.29, 0.717) is 5.88 Å². The first-order chi connectivity index (χ1) is 8.70. The molecule has 0 bridgehead atoms. The van der Waals surface area contributed by atoms with Gasteiger partial charge in [0.05, 0.1) is 5.69 Å². The third-order valence-corrected chi connectivity index (χ3v) is 3.11. The summed E-state index contributed by atoms with van der Waals surface area (Å²) in [6.07, 6.45) is 1.70. The maximum absolute atomic E-state index is 11.6. The van der Waals surface area contributed by atoms with Crippen LogP contribution in [0.2, 0.25) is 0 Å². The molecule has 1 aromatic heterocycles. The number of rotatable bonds is 4. The van der Waals surface area contributed by atoms with Gasteiger partial charge in [-0.1, -0.05) is 19.1 Å². The van der Waals surface area contributed by atoms with E-state index in [1.54, 1.807) is 13.1 Å². The fraction of sp³-hybridized carbons (Fsp3) is 0.231. The Balaban J connectivity index is 2.06. The summed E-state index contributed by atoms with van der Waals surface area (Å²) in [5.74, 6) is 0.0520. The Morgan fingerprint density at radius 2 is 2.11 bits per heavy atom. The summed E-state index contributed by atoms with van der Waals surface area (Å²) in [5.41, 5.74) is 2.73. The van der Waals surface area contributed by atoms with Crippen LogP contribution in [-0.4, -0.2) is 22.0 Å². The van der Waals surface area contributed by atoms with Crippen LogP contribution in [0.1, 0.15) is 6.92 Å². The van der Waals surface area contributed by atoms with Crippen LogP contribution in [0.4, 0.5) is 5.69 Å². The second-order valence-electron chi connectivity index (χ2n) is 4.09. The molecule has 1 unspecified atom stereocenters. The number of nitrogens with zero attached hydrogens (tertiary/aromatic N) is 1. The third kappa shape index (κ3) is 2.90. The highest BCUT2D eigenvalue weighted by atomic mass is 35.5. The Morgan fingerprint density at radius 1 is 1.39 bits per heavy atom. The molecule has 0 fully saturated rings. The molecule has 5 heteroatoms. The maximum Gasteiger partial charge on any atom is 0.228 e. The van der Waals surface area contributed by atoms with Crippen molar-refractivity contribution in [1.82, 2.24) is 10.2 Å². The number of alkyl halides is 1. The number of aromatic amines is 1. The van der Waals surface area contributed by atoms with Crippen LogP contribution in [0.5, 0.6) is 0 Å². The fourth-order valence-electron chi connectivity index (χ4n) is 1.49. The van der Waals surface area contributed by atoms with Gasteiger partial charge in [0.15, 0.2) is 0 Å². The van der Waals surface area contributed by atoms with Gasteiger partial charge in [0.1, 0.15) is 0 Å². The molecule has 2 rings (SSSR count). The highest BCUT2D eigenvalue weighted by molar-refractivity contribution is 6.19. The van der Waals surface area contributed by atoms with Crippen LogP contribution in [0.25, 0.3) is 11.3 Å². The van der Waals surface area contributed by atoms with Crippen molar-refractivity contribution in [2.24, 2.45) is 5.92 Å². The van der Waals surface area contributed by atoms with Crippen LogP contribution in [0.3, 0.4) is 0 Å². The van der Waals surface area contributed by atoms with Crippen LogP contribution in [0.15, 0.2) is 36.5 Å². The van der Waals surface area contributed by atoms with E-state index in [9.17, 15) is 4.79 Å². The molecule has 2 N–H and O–H groups in total. The van der Waals surface area contributed by atoms with Crippen molar-refractivity contribution in [3.8, 4) is 11.3 Å². The van der Waals surface area contributed by atoms with Gasteiger partial charge in [-0.15, -0.1) is 11.6 Å². The second kappa shape index (κ2) is 5.69. The second-order valence-corrected chi connectivity index (χ2v) is 4.40. The Hall–Kier alpha value is -1.81. The molecule has 94 valence electrons. The van der Waals surface area contributed by atoms with Crippen molar-refractivity contribution >= 4 is 23.2 Å². The number of amides is 1. The summed E-state index contributed by atoms with van der Waals surface area (Å²) in [4.78, 5) is 11.6. The van der Waals surface area contributed by atoms with Crippen LogP contribution < -0.4 is 5.32 Å². The van der Waals surface area contributed by atoms with E-state index in [0.717, 1.165) is 16.9 Å². The molecule has 0 aliphatic heterocycles. The summed E-state index contributed by atoms with van der Waals surface area (Å²) in [5, 5.41) is 9.60. The van der Waals surface area contributed by atoms with Crippen LogP contribution >= 0.6 is 11.6 Å². The van der Waals surface area contributed by atoms with E-state index in [2.05, 4.69) is 15.5 Å². The first-order valence-electron chi connectivity index (χ1n) is 5.67. The molecule has 4 nitrogen and oxygen atoms in total. The van der Waals surface area contributed by atoms with Gasteiger partial charge in [-0.05, 0) is 23.8 Å². The topological polar surface area (TPSA) is 57.8 Å². The van der Waals surface area contributed by atoms with Crippen LogP contribution in [0, 0.1) is 5.92 Å². The molecule has 0 aliphatic carbocycles. The number of halogens is 1. The number of H-pyrrole nitrogens is 1. The summed E-state index contributed by atoms with van der Waals surface area (Å²) in [6, 6.07) is 9.45. The Labute approximate surface area is 110 Å². The number of anilines is 1. The molecule has 1 heterocycles. The lowest BCUT2D eigenvalue weighted by molar-refractivity contribution is -0.118. The average molecular weight is 264 g/mol. The van der Waals surface area contributed by atoms with Crippen molar-refractivity contribution in [2.45, 2.75) is 6.92 Å². The first-order valence-corrected chi connectivity index (χ1v) is 6.21. The van der Waals surface area contributed by atoms with Crippen molar-refractivity contribution < 1.29 is 4.79 Å². The van der Waals surface area contributed by atoms with Gasteiger partial charge < -0.3 is 5.32 Å². The largest absolute Gasteiger partial charge is 0.326 e. The van der Waals surface area contributed by atoms with E-state index in [-0.39, 0.29) is 11.8 Å². The maximum atomic E-state index is 11.6. The fourth-order valence-corrected chi connectivity index (χ4v) is 1.63. The van der Waals surface area contributed by atoms with Crippen molar-refractivity contribution in [3.05, 3.63) is 36.5 Å². The SMILES string of the molecule is CC(CCl)C(=O)Nc1ccc(-c2ccn[nH]2)cc1. The number of hydrogen-bond donors (Lipinski definition) is 2. The van der Waals surface area contributed by atoms with Gasteiger partial charge in [0, 0.05) is 23.7 Å². The van der Waals surface area contributed by atoms with Gasteiger partial charge in [-0.2, -0.15) is 5.10 Å². The standard InChI is InChI=1S/C13H14ClN3O/c1-9(8-14)13(18)16-11-4-2-10(3-5-11)12-6-7-15-17-12/h2-7,9H,8H2,1H3,(H,15,17)(H,16,18). The lowest BCUT2D eigenvalue weighted by Crippen LogP contribution is -2.21. The predicted molar refractivity (Wildman–Crippen MR) is 72.5 cm³/mol. The Bertz CT molecular complexity index is 508. The van der Waals surface area contributed by atoms with Crippen molar-refractivity contribution in [2.75, 3.05) is 11.2 Å². The summed E-state index contributed by atoms with van der Waals surface area (Å²) >= 11 is 5.63. The van der Waals surface area contributed by atoms with Gasteiger partial charge in [0.25, 0.3) is 0 Å². The third-order valence-electron chi connectivity index (χ3n) is 2.64. The smallest absolute Gasteiger partial charge is 0.228 e. The summed E-state index contributed by atoms with van der Waals surface area (Å²) in [6.45, 7) is 1.79. The minimum atomic E-state index is -0.195. The first kappa shape index (κ1) is 12.6. The highest BCUT2D eigenvalue weighted by Gasteiger charge is 2.11. The van der Waals surface area contributed by atoms with Gasteiger partial charge in [-0.25, -0.2) is 0 Å². The number of hydrogen-bond acceptors (Lipinski definition) is 2. The highest BCUT2D eigenvalue weighted by Crippen LogP contribution is 2.19. The zero-order chi connectivity index (χ0) is 13.0. The lowest BCUT2D eigenvalue weighted by Gasteiger charge is -2.09. The molecule has 1 amide bonds. The van der Waals surface area contributed by atoms with Gasteiger partial charge in [0.2, 0.25) is 5.91 Å². The molecule has 2 aromatic rings. The molecule has 1 atom stereocenters. The minimum absolute atomic E-state index is 0.0701. The van der Waals surface area contributed by atoms with Crippen molar-refractivity contribution in [3.63, 3.8) is 0 Å². The average Bonchev–Trinajstić information content (AvgIpc) is 2.92. The number of benzene rings is 1. The molecular weight excluding hydrogens is 250 g/mol. The van der Waals surface area contributed by atoms with Gasteiger partial charge in [-0.3, -0.25) is 9.89 Å². The number of nitrogens with one attached hydrogen (secondary N) is 2. The molecule has 0 saturated carbocycles. The monoisotopic (exact) mass is 263 g/mol. The quantitative estimate of drug-likeness (QED) is 0.834. The summed E-state index contributed by atoms with van der Waals surface area (Å²) < 4.78 is 0. The minimum Gasteiger partial charge on any atom is -0.326 e. The zero-order valence-electron chi connectivity index (χ0n) is 9.98. The normalized spacial score (nSPS) is 12.1. The Morgan fingerprint density at radius 3 is 2.67 bits per heavy atom. The number of carbonyl (C=O) groups excluding carboxylic acids is 1. The van der Waals surface area contributed by atoms with Gasteiger partial charge >= 0.3 is 0 Å². The molecule has 0 aliphatic rings. The lowest BCUT2D eigenvalue weighted by atomic mass is 10.1. The van der Waals surface area contributed by atoms with Crippen molar-refractivity contribution in [1.29, 1.82) is 0 Å². The molecule has 0 spiro atoms.